The molecule has 0 aromatic rings. The number of aliphatic hydroxyl groups is 9. The smallest absolute Gasteiger partial charge is 0.184 e. The van der Waals surface area contributed by atoms with Gasteiger partial charge in [0, 0.05) is 0 Å². The van der Waals surface area contributed by atoms with Gasteiger partial charge in [0.2, 0.25) is 0 Å². The maximum absolute atomic E-state index is 10.7. The van der Waals surface area contributed by atoms with Crippen LogP contribution >= 0.6 is 0 Å². The first kappa shape index (κ1) is 18.9. The highest BCUT2D eigenvalue weighted by molar-refractivity contribution is 5.11. The Bertz CT molecular complexity index is 406. The van der Waals surface area contributed by atoms with Gasteiger partial charge in [-0.05, 0) is 0 Å². The van der Waals surface area contributed by atoms with Crippen LogP contribution in [0, 0.1) is 0 Å². The van der Waals surface area contributed by atoms with Crippen LogP contribution < -0.4 is 0 Å². The van der Waals surface area contributed by atoms with Crippen molar-refractivity contribution in [3.63, 3.8) is 0 Å². The van der Waals surface area contributed by atoms with Gasteiger partial charge in [-0.3, -0.25) is 0 Å². The molecule has 0 amide bonds. The molecule has 0 aromatic heterocycles. The van der Waals surface area contributed by atoms with Gasteiger partial charge in [-0.25, -0.2) is 0 Å². The molecule has 10 atom stereocenters. The summed E-state index contributed by atoms with van der Waals surface area (Å²) in [6, 6.07) is 0. The summed E-state index contributed by atoms with van der Waals surface area (Å²) in [6.07, 6.45) is -16.5. The molecule has 136 valence electrons. The summed E-state index contributed by atoms with van der Waals surface area (Å²) in [7, 11) is 0. The summed E-state index contributed by atoms with van der Waals surface area (Å²) in [5, 5.41) is 88.3. The average Bonchev–Trinajstić information content (AvgIpc) is 2.54. The van der Waals surface area contributed by atoms with E-state index in [9.17, 15) is 35.7 Å². The lowest BCUT2D eigenvalue weighted by molar-refractivity contribution is -0.368. The molecule has 0 aliphatic carbocycles. The van der Waals surface area contributed by atoms with E-state index in [0.29, 0.717) is 0 Å². The molecule has 2 saturated heterocycles. The highest BCUT2D eigenvalue weighted by Gasteiger charge is 2.64. The molecule has 0 radical (unpaired) electrons. The highest BCUT2D eigenvalue weighted by Crippen LogP contribution is 2.38. The maximum Gasteiger partial charge on any atom is 0.184 e. The van der Waals surface area contributed by atoms with E-state index >= 15 is 0 Å². The largest absolute Gasteiger partial charge is 0.394 e. The predicted octanol–water partition coefficient (Wildman–Crippen LogP) is -6.01. The van der Waals surface area contributed by atoms with Crippen LogP contribution in [0.2, 0.25) is 0 Å². The fourth-order valence-electron chi connectivity index (χ4n) is 2.99. The van der Waals surface area contributed by atoms with Crippen molar-refractivity contribution >= 4 is 0 Å². The topological polar surface area (TPSA) is 201 Å². The molecule has 9 N–H and O–H groups in total. The molecule has 2 aliphatic rings. The summed E-state index contributed by atoms with van der Waals surface area (Å²) in [6.45, 7) is -1.61. The Morgan fingerprint density at radius 3 is 1.78 bits per heavy atom. The third-order valence-corrected chi connectivity index (χ3v) is 4.41. The number of hydrogen-bond donors (Lipinski definition) is 9. The normalized spacial score (nSPS) is 54.9. The van der Waals surface area contributed by atoms with Gasteiger partial charge >= 0.3 is 0 Å². The summed E-state index contributed by atoms with van der Waals surface area (Å²) in [5.74, 6) is 0. The van der Waals surface area contributed by atoms with E-state index in [-0.39, 0.29) is 0 Å². The molecule has 2 heterocycles. The van der Waals surface area contributed by atoms with Crippen molar-refractivity contribution < 1.29 is 55.4 Å². The van der Waals surface area contributed by atoms with Crippen LogP contribution in [-0.2, 0) is 9.47 Å². The highest BCUT2D eigenvalue weighted by atomic mass is 16.6. The fraction of sp³-hybridized carbons (Fsp3) is 1.00. The maximum atomic E-state index is 10.7. The van der Waals surface area contributed by atoms with Crippen molar-refractivity contribution in [2.75, 3.05) is 13.2 Å². The van der Waals surface area contributed by atoms with E-state index in [1.54, 1.807) is 0 Å². The van der Waals surface area contributed by atoms with Crippen LogP contribution in [-0.4, -0.2) is 120 Å². The third-order valence-electron chi connectivity index (χ3n) is 4.41. The Hall–Kier alpha value is -0.440. The van der Waals surface area contributed by atoms with Crippen molar-refractivity contribution in [3.8, 4) is 0 Å². The molecule has 11 nitrogen and oxygen atoms in total. The number of aliphatic hydroxyl groups excluding tert-OH is 8. The minimum absolute atomic E-state index is 0.786. The lowest BCUT2D eigenvalue weighted by Crippen LogP contribution is -2.77. The Labute approximate surface area is 130 Å². The van der Waals surface area contributed by atoms with Gasteiger partial charge in [-0.2, -0.15) is 0 Å². The summed E-state index contributed by atoms with van der Waals surface area (Å²) in [4.78, 5) is 0. The van der Waals surface area contributed by atoms with E-state index in [1.165, 1.54) is 0 Å². The molecule has 2 aliphatic heterocycles. The molecule has 0 bridgehead atoms. The van der Waals surface area contributed by atoms with E-state index < -0.39 is 73.9 Å². The van der Waals surface area contributed by atoms with E-state index in [1.807, 2.05) is 0 Å². The molecular weight excluding hydrogens is 320 g/mol. The number of hydrogen-bond acceptors (Lipinski definition) is 11. The monoisotopic (exact) mass is 342 g/mol. The third kappa shape index (κ3) is 2.88. The van der Waals surface area contributed by atoms with Crippen LogP contribution in [0.5, 0.6) is 0 Å². The Balaban J connectivity index is 2.38. The first-order valence-corrected chi connectivity index (χ1v) is 7.03. The first-order valence-electron chi connectivity index (χ1n) is 7.03. The van der Waals surface area contributed by atoms with Gasteiger partial charge in [0.25, 0.3) is 0 Å². The lowest BCUT2D eigenvalue weighted by Gasteiger charge is -2.53. The van der Waals surface area contributed by atoms with Crippen LogP contribution in [0.1, 0.15) is 0 Å². The van der Waals surface area contributed by atoms with Gasteiger partial charge in [0.1, 0.15) is 48.8 Å². The first-order chi connectivity index (χ1) is 10.7. The molecule has 2 fully saturated rings. The Kier molecular flexibility index (Phi) is 5.60. The molecular formula is C12H22O11. The van der Waals surface area contributed by atoms with Gasteiger partial charge in [0.15, 0.2) is 11.9 Å². The van der Waals surface area contributed by atoms with Crippen LogP contribution in [0.25, 0.3) is 0 Å². The number of ether oxygens (including phenoxy) is 2. The van der Waals surface area contributed by atoms with Crippen molar-refractivity contribution in [1.82, 2.24) is 0 Å². The van der Waals surface area contributed by atoms with Crippen molar-refractivity contribution in [1.29, 1.82) is 0 Å². The molecule has 2 rings (SSSR count). The molecule has 0 saturated carbocycles. The second kappa shape index (κ2) is 6.82. The molecule has 1 unspecified atom stereocenters. The molecule has 0 aromatic carbocycles. The van der Waals surface area contributed by atoms with Crippen molar-refractivity contribution in [3.05, 3.63) is 0 Å². The minimum Gasteiger partial charge on any atom is -0.394 e. The van der Waals surface area contributed by atoms with Crippen LogP contribution in [0.3, 0.4) is 0 Å². The average molecular weight is 342 g/mol. The zero-order valence-electron chi connectivity index (χ0n) is 12.0. The van der Waals surface area contributed by atoms with Crippen LogP contribution in [0.15, 0.2) is 0 Å². The van der Waals surface area contributed by atoms with Crippen LogP contribution in [0.4, 0.5) is 0 Å². The SMILES string of the molecule is OC[C@H]1OC([C@]2(O)[C@H](O)[C@@H](CO)O[C@H](O)[C@@H]2O)[C@H](O)[C@@H](O)[C@H]1O. The van der Waals surface area contributed by atoms with E-state index in [4.69, 9.17) is 19.7 Å². The lowest BCUT2D eigenvalue weighted by atomic mass is 9.74. The van der Waals surface area contributed by atoms with Gasteiger partial charge in [-0.15, -0.1) is 0 Å². The Morgan fingerprint density at radius 2 is 1.26 bits per heavy atom. The Morgan fingerprint density at radius 1 is 0.696 bits per heavy atom. The van der Waals surface area contributed by atoms with E-state index in [2.05, 4.69) is 0 Å². The molecule has 0 spiro atoms. The van der Waals surface area contributed by atoms with Gasteiger partial charge in [0.05, 0.1) is 13.2 Å². The second-order valence-corrected chi connectivity index (χ2v) is 5.77. The fourth-order valence-corrected chi connectivity index (χ4v) is 2.99. The van der Waals surface area contributed by atoms with Gasteiger partial charge in [-0.1, -0.05) is 0 Å². The summed E-state index contributed by atoms with van der Waals surface area (Å²) < 4.78 is 9.86. The van der Waals surface area contributed by atoms with Crippen molar-refractivity contribution in [2.45, 2.75) is 60.7 Å². The predicted molar refractivity (Wildman–Crippen MR) is 68.7 cm³/mol. The molecule has 23 heavy (non-hydrogen) atoms. The standard InChI is InChI=1S/C12H22O11/c13-1-3-5(15)6(16)7(17)10(22-3)12(21)8(18)4(2-14)23-11(20)9(12)19/h3-11,13-21H,1-2H2/t3-,4-,5+,6+,7-,8-,9+,10?,11+,12+/m1/s1. The second-order valence-electron chi connectivity index (χ2n) is 5.77. The minimum atomic E-state index is -2.75. The van der Waals surface area contributed by atoms with Gasteiger partial charge < -0.3 is 55.4 Å². The van der Waals surface area contributed by atoms with Crippen molar-refractivity contribution in [2.24, 2.45) is 0 Å². The summed E-state index contributed by atoms with van der Waals surface area (Å²) >= 11 is 0. The quantitative estimate of drug-likeness (QED) is 0.236. The zero-order chi connectivity index (χ0) is 17.5. The van der Waals surface area contributed by atoms with E-state index in [0.717, 1.165) is 0 Å². The number of rotatable bonds is 3. The summed E-state index contributed by atoms with van der Waals surface area (Å²) in [5.41, 5.74) is -2.75. The molecule has 11 heteroatoms. The zero-order valence-corrected chi connectivity index (χ0v) is 12.0.